The molecule has 0 spiro atoms. The molecule has 0 atom stereocenters. The summed E-state index contributed by atoms with van der Waals surface area (Å²) in [5.74, 6) is -1.29. The molecule has 0 unspecified atom stereocenters. The van der Waals surface area contributed by atoms with E-state index in [1.54, 1.807) is 69.2 Å². The lowest BCUT2D eigenvalue weighted by atomic mass is 9.49. The molecule has 0 amide bonds. The summed E-state index contributed by atoms with van der Waals surface area (Å²) in [6.45, 7) is 50.2. The minimum Gasteiger partial charge on any atom is -0.244 e. The SMILES string of the molecule is CC(C)(C)C.CC(C)C(C)(C(C)C)C(F)(F)F.CC1(C)CCC(C)(F)CC1.CC1(F)CCCCC1.CCC(C)(CC)C(C)(C(F)(F)F)C(C)(CC)CC.CCC(C)(CC)C(F)(F)F.CCC(CC)C(C)(C(CC)CC)C(F)(F)F. The fourth-order valence-corrected chi connectivity index (χ4v) is 11.1. The summed E-state index contributed by atoms with van der Waals surface area (Å²) in [5.41, 5.74) is -8.45. The molecule has 2 aliphatic carbocycles. The highest BCUT2D eigenvalue weighted by Gasteiger charge is 2.67. The van der Waals surface area contributed by atoms with Gasteiger partial charge in [0.1, 0.15) is 11.3 Å². The highest BCUT2D eigenvalue weighted by atomic mass is 19.4. The molecule has 2 saturated carbocycles. The van der Waals surface area contributed by atoms with Crippen molar-refractivity contribution in [1.82, 2.24) is 0 Å². The van der Waals surface area contributed by atoms with Gasteiger partial charge in [0.05, 0.1) is 21.7 Å². The Balaban J connectivity index is -0.000000277. The zero-order valence-corrected chi connectivity index (χ0v) is 56.0. The van der Waals surface area contributed by atoms with Crippen LogP contribution in [0.2, 0.25) is 0 Å². The van der Waals surface area contributed by atoms with Crippen LogP contribution in [-0.4, -0.2) is 36.0 Å². The molecule has 2 rings (SSSR count). The van der Waals surface area contributed by atoms with Crippen LogP contribution in [0.25, 0.3) is 0 Å². The van der Waals surface area contributed by atoms with Gasteiger partial charge in [0, 0.05) is 0 Å². The molecule has 0 aliphatic heterocycles. The van der Waals surface area contributed by atoms with Crippen molar-refractivity contribution >= 4 is 0 Å². The van der Waals surface area contributed by atoms with Gasteiger partial charge >= 0.3 is 24.7 Å². The molecule has 14 heteroatoms. The zero-order chi connectivity index (χ0) is 64.7. The number of hydrogen-bond donors (Lipinski definition) is 0. The molecule has 0 nitrogen and oxygen atoms in total. The standard InChI is InChI=1S/C15H29F3.C13H25F3.C9H17F3.C9H17F.C7H13F3.C7H13F.C5H12/c1-8-12(5,9-2)14(7,15(16,17)18)13(6,10-3)11-4;1-6-10(7-2)12(5,13(14,15)16)11(8-3)9-4;1-6(2)8(5,7(3)4)9(10,11)12;1-8(2)4-6-9(3,10)7-5-8;1-4-6(3,5-2)7(8,9)10;1-7(8)5-3-2-4-6-7;1-5(2,3)4/h8-11H2,1-7H3;10-11H,6-9H2,1-5H3;6-7H,1-5H3;4-7H2,1-3H3;4-5H2,1-3H3;2-6H2,1H3;1-4H3. The molecule has 484 valence electrons. The van der Waals surface area contributed by atoms with Crippen LogP contribution in [-0.2, 0) is 0 Å². The van der Waals surface area contributed by atoms with Gasteiger partial charge < -0.3 is 0 Å². The van der Waals surface area contributed by atoms with E-state index >= 15 is 0 Å². The van der Waals surface area contributed by atoms with E-state index in [1.165, 1.54) is 34.1 Å². The Labute approximate surface area is 478 Å². The third kappa shape index (κ3) is 26.9. The Kier molecular flexibility index (Phi) is 37.6. The zero-order valence-electron chi connectivity index (χ0n) is 56.0. The Morgan fingerprint density at radius 1 is 0.329 bits per heavy atom. The minimum atomic E-state index is -4.17. The maximum atomic E-state index is 13.8. The number of hydrogen-bond acceptors (Lipinski definition) is 0. The van der Waals surface area contributed by atoms with Crippen LogP contribution < -0.4 is 0 Å². The highest BCUT2D eigenvalue weighted by Crippen LogP contribution is 2.65. The number of halogens is 14. The van der Waals surface area contributed by atoms with Crippen LogP contribution in [0, 0.1) is 67.0 Å². The van der Waals surface area contributed by atoms with Gasteiger partial charge in [0.25, 0.3) is 0 Å². The topological polar surface area (TPSA) is 0 Å². The van der Waals surface area contributed by atoms with Crippen molar-refractivity contribution in [2.75, 3.05) is 0 Å². The molecular formula is C65H126F14. The molecule has 0 bridgehead atoms. The van der Waals surface area contributed by atoms with E-state index in [-0.39, 0.29) is 36.5 Å². The highest BCUT2D eigenvalue weighted by molar-refractivity contribution is 5.05. The maximum Gasteiger partial charge on any atom is 0.395 e. The molecule has 0 aromatic carbocycles. The van der Waals surface area contributed by atoms with Gasteiger partial charge in [-0.25, -0.2) is 8.78 Å². The molecule has 0 saturated heterocycles. The molecule has 79 heavy (non-hydrogen) atoms. The lowest BCUT2D eigenvalue weighted by molar-refractivity contribution is -0.301. The largest absolute Gasteiger partial charge is 0.395 e. The average Bonchev–Trinajstić information content (AvgIpc) is 3.30. The Bertz CT molecular complexity index is 1450. The van der Waals surface area contributed by atoms with Gasteiger partial charge in [-0.3, -0.25) is 0 Å². The Morgan fingerprint density at radius 2 is 0.570 bits per heavy atom. The van der Waals surface area contributed by atoms with Crippen molar-refractivity contribution in [3.8, 4) is 0 Å². The Morgan fingerprint density at radius 3 is 0.684 bits per heavy atom. The summed E-state index contributed by atoms with van der Waals surface area (Å²) in [5, 5.41) is 0. The number of alkyl halides is 14. The summed E-state index contributed by atoms with van der Waals surface area (Å²) >= 11 is 0. The molecule has 0 N–H and O–H groups in total. The summed E-state index contributed by atoms with van der Waals surface area (Å²) in [6, 6.07) is 0. The van der Waals surface area contributed by atoms with E-state index in [1.807, 2.05) is 55.4 Å². The molecule has 0 aromatic heterocycles. The lowest BCUT2D eigenvalue weighted by Crippen LogP contribution is -2.57. The van der Waals surface area contributed by atoms with Crippen LogP contribution in [0.4, 0.5) is 61.5 Å². The van der Waals surface area contributed by atoms with Gasteiger partial charge in [-0.2, -0.15) is 52.7 Å². The van der Waals surface area contributed by atoms with Crippen LogP contribution >= 0.6 is 0 Å². The molecule has 2 fully saturated rings. The van der Waals surface area contributed by atoms with Crippen LogP contribution in [0.5, 0.6) is 0 Å². The first kappa shape index (κ1) is 86.8. The normalized spacial score (nSPS) is 17.5. The van der Waals surface area contributed by atoms with E-state index in [9.17, 15) is 61.5 Å². The van der Waals surface area contributed by atoms with Crippen LogP contribution in [0.1, 0.15) is 316 Å². The van der Waals surface area contributed by atoms with Gasteiger partial charge in [-0.05, 0) is 143 Å². The second-order valence-electron chi connectivity index (χ2n) is 28.4. The first-order valence-electron chi connectivity index (χ1n) is 30.6. The van der Waals surface area contributed by atoms with Gasteiger partial charge in [0.2, 0.25) is 0 Å². The van der Waals surface area contributed by atoms with Gasteiger partial charge in [-0.1, -0.05) is 218 Å². The number of rotatable bonds is 16. The minimum absolute atomic E-state index is 0.160. The third-order valence-corrected chi connectivity index (χ3v) is 20.2. The molecule has 0 radical (unpaired) electrons. The second kappa shape index (κ2) is 34.2. The quantitative estimate of drug-likeness (QED) is 0.135. The maximum absolute atomic E-state index is 13.8. The third-order valence-electron chi connectivity index (χ3n) is 20.2. The van der Waals surface area contributed by atoms with E-state index < -0.39 is 68.5 Å². The second-order valence-corrected chi connectivity index (χ2v) is 28.4. The molecule has 0 heterocycles. The molecular weight excluding hydrogens is 1050 g/mol. The fraction of sp³-hybridized carbons (Fsp3) is 1.00. The van der Waals surface area contributed by atoms with E-state index in [0.29, 0.717) is 62.2 Å². The van der Waals surface area contributed by atoms with Crippen molar-refractivity contribution in [3.63, 3.8) is 0 Å². The predicted molar refractivity (Wildman–Crippen MR) is 312 cm³/mol. The van der Waals surface area contributed by atoms with Crippen molar-refractivity contribution in [3.05, 3.63) is 0 Å². The summed E-state index contributed by atoms with van der Waals surface area (Å²) in [7, 11) is 0. The molecule has 2 aliphatic rings. The van der Waals surface area contributed by atoms with E-state index in [0.717, 1.165) is 51.4 Å². The smallest absolute Gasteiger partial charge is 0.244 e. The Hall–Kier alpha value is -0.980. The van der Waals surface area contributed by atoms with Crippen molar-refractivity contribution in [2.45, 2.75) is 352 Å². The van der Waals surface area contributed by atoms with Crippen LogP contribution in [0.3, 0.4) is 0 Å². The monoisotopic (exact) mass is 1170 g/mol. The lowest BCUT2D eigenvalue weighted by Gasteiger charge is -2.57. The first-order chi connectivity index (χ1) is 34.9. The first-order valence-corrected chi connectivity index (χ1v) is 30.6. The van der Waals surface area contributed by atoms with Crippen molar-refractivity contribution < 1.29 is 61.5 Å². The van der Waals surface area contributed by atoms with Crippen molar-refractivity contribution in [1.29, 1.82) is 0 Å². The van der Waals surface area contributed by atoms with Gasteiger partial charge in [-0.15, -0.1) is 0 Å². The van der Waals surface area contributed by atoms with Crippen LogP contribution in [0.15, 0.2) is 0 Å². The molecule has 0 aromatic rings. The van der Waals surface area contributed by atoms with Gasteiger partial charge in [0.15, 0.2) is 0 Å². The summed E-state index contributed by atoms with van der Waals surface area (Å²) < 4.78 is 182. The van der Waals surface area contributed by atoms with E-state index in [2.05, 4.69) is 41.5 Å². The van der Waals surface area contributed by atoms with E-state index in [4.69, 9.17) is 0 Å². The fourth-order valence-electron chi connectivity index (χ4n) is 11.1. The van der Waals surface area contributed by atoms with Crippen molar-refractivity contribution in [2.24, 2.45) is 67.0 Å². The summed E-state index contributed by atoms with van der Waals surface area (Å²) in [6.07, 6.45) is -2.92. The average molecular weight is 1170 g/mol. The summed E-state index contributed by atoms with van der Waals surface area (Å²) in [4.78, 5) is 0. The predicted octanol–water partition coefficient (Wildman–Crippen LogP) is 26.9.